The van der Waals surface area contributed by atoms with Crippen LogP contribution in [0.4, 0.5) is 0 Å². The number of benzene rings is 1. The van der Waals surface area contributed by atoms with Crippen LogP contribution in [-0.4, -0.2) is 27.5 Å². The van der Waals surface area contributed by atoms with Crippen LogP contribution in [-0.2, 0) is 13.1 Å². The second kappa shape index (κ2) is 7.70. The molecule has 0 aliphatic heterocycles. The summed E-state index contributed by atoms with van der Waals surface area (Å²) in [7, 11) is 0. The molecule has 0 saturated heterocycles. The Bertz CT molecular complexity index is 826. The Morgan fingerprint density at radius 1 is 1.08 bits per heavy atom. The van der Waals surface area contributed by atoms with Crippen molar-refractivity contribution in [1.29, 1.82) is 0 Å². The maximum absolute atomic E-state index is 5.71. The first-order valence-corrected chi connectivity index (χ1v) is 9.13. The Morgan fingerprint density at radius 2 is 1.88 bits per heavy atom. The molecule has 0 spiro atoms. The molecule has 3 aromatic rings. The van der Waals surface area contributed by atoms with Gasteiger partial charge in [0.05, 0.1) is 18.0 Å². The van der Waals surface area contributed by atoms with Crippen molar-refractivity contribution < 1.29 is 9.15 Å². The van der Waals surface area contributed by atoms with Gasteiger partial charge in [0.1, 0.15) is 12.0 Å². The van der Waals surface area contributed by atoms with Gasteiger partial charge in [-0.3, -0.25) is 9.88 Å². The molecule has 4 rings (SSSR count). The SMILES string of the molecule is CCOc1ccc(-c2nc(CN(Cc3ccccn3)C3CC3)co2)cc1. The number of nitrogens with zero attached hydrogens (tertiary/aromatic N) is 3. The quantitative estimate of drug-likeness (QED) is 0.607. The first-order valence-electron chi connectivity index (χ1n) is 9.13. The van der Waals surface area contributed by atoms with E-state index in [0.717, 1.165) is 35.8 Å². The summed E-state index contributed by atoms with van der Waals surface area (Å²) in [5, 5.41) is 0. The standard InChI is InChI=1S/C21H23N3O2/c1-2-25-20-10-6-16(7-11-20)21-23-18(15-26-21)14-24(19-8-9-19)13-17-5-3-4-12-22-17/h3-7,10-12,15,19H,2,8-9,13-14H2,1H3. The second-order valence-corrected chi connectivity index (χ2v) is 6.56. The molecule has 1 aliphatic carbocycles. The molecule has 0 amide bonds. The summed E-state index contributed by atoms with van der Waals surface area (Å²) in [6.07, 6.45) is 6.10. The van der Waals surface area contributed by atoms with Crippen molar-refractivity contribution in [3.05, 3.63) is 66.3 Å². The van der Waals surface area contributed by atoms with Crippen LogP contribution in [0.3, 0.4) is 0 Å². The van der Waals surface area contributed by atoms with Crippen molar-refractivity contribution in [2.45, 2.75) is 38.9 Å². The third-order valence-corrected chi connectivity index (χ3v) is 4.48. The molecule has 0 bridgehead atoms. The van der Waals surface area contributed by atoms with E-state index in [4.69, 9.17) is 9.15 Å². The molecular weight excluding hydrogens is 326 g/mol. The fourth-order valence-electron chi connectivity index (χ4n) is 3.03. The van der Waals surface area contributed by atoms with Gasteiger partial charge >= 0.3 is 0 Å². The van der Waals surface area contributed by atoms with E-state index in [-0.39, 0.29) is 0 Å². The lowest BCUT2D eigenvalue weighted by atomic mass is 10.2. The Morgan fingerprint density at radius 3 is 2.58 bits per heavy atom. The number of pyridine rings is 1. The van der Waals surface area contributed by atoms with Gasteiger partial charge in [0, 0.05) is 30.9 Å². The smallest absolute Gasteiger partial charge is 0.226 e. The van der Waals surface area contributed by atoms with E-state index in [1.807, 2.05) is 49.5 Å². The van der Waals surface area contributed by atoms with Crippen LogP contribution in [0, 0.1) is 0 Å². The average Bonchev–Trinajstić information content (AvgIpc) is 3.42. The highest BCUT2D eigenvalue weighted by atomic mass is 16.5. The van der Waals surface area contributed by atoms with Crippen LogP contribution in [0.25, 0.3) is 11.5 Å². The van der Waals surface area contributed by atoms with Crippen molar-refractivity contribution in [2.24, 2.45) is 0 Å². The van der Waals surface area contributed by atoms with Crippen molar-refractivity contribution in [1.82, 2.24) is 14.9 Å². The summed E-state index contributed by atoms with van der Waals surface area (Å²) in [6, 6.07) is 14.5. The zero-order valence-electron chi connectivity index (χ0n) is 15.0. The molecule has 1 fully saturated rings. The van der Waals surface area contributed by atoms with Gasteiger partial charge < -0.3 is 9.15 Å². The molecule has 1 aliphatic rings. The van der Waals surface area contributed by atoms with Crippen LogP contribution in [0.5, 0.6) is 5.75 Å². The van der Waals surface area contributed by atoms with Gasteiger partial charge in [0.25, 0.3) is 0 Å². The Kier molecular flexibility index (Phi) is 4.97. The highest BCUT2D eigenvalue weighted by Crippen LogP contribution is 2.30. The Hall–Kier alpha value is -2.66. The summed E-state index contributed by atoms with van der Waals surface area (Å²) in [4.78, 5) is 11.6. The van der Waals surface area contributed by atoms with Gasteiger partial charge in [-0.2, -0.15) is 0 Å². The van der Waals surface area contributed by atoms with Gasteiger partial charge in [-0.1, -0.05) is 6.07 Å². The van der Waals surface area contributed by atoms with Crippen LogP contribution in [0.15, 0.2) is 59.3 Å². The van der Waals surface area contributed by atoms with Gasteiger partial charge in [-0.25, -0.2) is 4.98 Å². The van der Waals surface area contributed by atoms with Crippen molar-refractivity contribution in [2.75, 3.05) is 6.61 Å². The lowest BCUT2D eigenvalue weighted by Crippen LogP contribution is -2.25. The molecule has 134 valence electrons. The molecule has 0 unspecified atom stereocenters. The minimum Gasteiger partial charge on any atom is -0.494 e. The van der Waals surface area contributed by atoms with Crippen molar-refractivity contribution in [3.63, 3.8) is 0 Å². The number of rotatable bonds is 8. The van der Waals surface area contributed by atoms with Gasteiger partial charge in [0.2, 0.25) is 5.89 Å². The van der Waals surface area contributed by atoms with E-state index < -0.39 is 0 Å². The lowest BCUT2D eigenvalue weighted by Gasteiger charge is -2.20. The maximum atomic E-state index is 5.71. The molecule has 5 nitrogen and oxygen atoms in total. The number of ether oxygens (including phenoxy) is 1. The summed E-state index contributed by atoms with van der Waals surface area (Å²) >= 11 is 0. The highest BCUT2D eigenvalue weighted by Gasteiger charge is 2.29. The van der Waals surface area contributed by atoms with Crippen LogP contribution < -0.4 is 4.74 Å². The maximum Gasteiger partial charge on any atom is 0.226 e. The normalized spacial score (nSPS) is 13.9. The van der Waals surface area contributed by atoms with E-state index in [9.17, 15) is 0 Å². The van der Waals surface area contributed by atoms with E-state index in [1.165, 1.54) is 12.8 Å². The topological polar surface area (TPSA) is 51.4 Å². The van der Waals surface area contributed by atoms with Gasteiger partial charge in [-0.15, -0.1) is 0 Å². The first-order chi connectivity index (χ1) is 12.8. The van der Waals surface area contributed by atoms with E-state index in [1.54, 1.807) is 6.26 Å². The largest absolute Gasteiger partial charge is 0.494 e. The Labute approximate surface area is 153 Å². The number of aromatic nitrogens is 2. The van der Waals surface area contributed by atoms with Crippen LogP contribution >= 0.6 is 0 Å². The zero-order valence-corrected chi connectivity index (χ0v) is 15.0. The lowest BCUT2D eigenvalue weighted by molar-refractivity contribution is 0.239. The molecule has 0 atom stereocenters. The molecular formula is C21H23N3O2. The second-order valence-electron chi connectivity index (χ2n) is 6.56. The van der Waals surface area contributed by atoms with Crippen LogP contribution in [0.1, 0.15) is 31.2 Å². The van der Waals surface area contributed by atoms with E-state index in [0.29, 0.717) is 18.5 Å². The molecule has 1 saturated carbocycles. The zero-order chi connectivity index (χ0) is 17.8. The highest BCUT2D eigenvalue weighted by molar-refractivity contribution is 5.54. The van der Waals surface area contributed by atoms with Crippen molar-refractivity contribution in [3.8, 4) is 17.2 Å². The molecule has 0 N–H and O–H groups in total. The number of hydrogen-bond donors (Lipinski definition) is 0. The minimum absolute atomic E-state index is 0.627. The summed E-state index contributed by atoms with van der Waals surface area (Å²) in [5.74, 6) is 1.51. The van der Waals surface area contributed by atoms with Gasteiger partial charge in [-0.05, 0) is 56.2 Å². The van der Waals surface area contributed by atoms with Gasteiger partial charge in [0.15, 0.2) is 0 Å². The summed E-state index contributed by atoms with van der Waals surface area (Å²) < 4.78 is 11.2. The summed E-state index contributed by atoms with van der Waals surface area (Å²) in [6.45, 7) is 4.26. The number of oxazole rings is 1. The molecule has 2 heterocycles. The predicted octanol–water partition coefficient (Wildman–Crippen LogP) is 4.30. The van der Waals surface area contributed by atoms with Crippen LogP contribution in [0.2, 0.25) is 0 Å². The van der Waals surface area contributed by atoms with Crippen molar-refractivity contribution >= 4 is 0 Å². The fraction of sp³-hybridized carbons (Fsp3) is 0.333. The molecule has 0 radical (unpaired) electrons. The average molecular weight is 349 g/mol. The van der Waals surface area contributed by atoms with E-state index in [2.05, 4.69) is 20.9 Å². The molecule has 26 heavy (non-hydrogen) atoms. The first kappa shape index (κ1) is 16.8. The minimum atomic E-state index is 0.627. The third kappa shape index (κ3) is 4.11. The molecule has 5 heteroatoms. The summed E-state index contributed by atoms with van der Waals surface area (Å²) in [5.41, 5.74) is 3.01. The van der Waals surface area contributed by atoms with E-state index >= 15 is 0 Å². The Balaban J connectivity index is 1.44. The third-order valence-electron chi connectivity index (χ3n) is 4.48. The number of hydrogen-bond acceptors (Lipinski definition) is 5. The predicted molar refractivity (Wildman–Crippen MR) is 99.6 cm³/mol. The fourth-order valence-corrected chi connectivity index (χ4v) is 3.03. The monoisotopic (exact) mass is 349 g/mol. The molecule has 1 aromatic carbocycles. The molecule has 2 aromatic heterocycles.